The van der Waals surface area contributed by atoms with Gasteiger partial charge in [0.2, 0.25) is 0 Å². The summed E-state index contributed by atoms with van der Waals surface area (Å²) < 4.78 is 20.7. The largest absolute Gasteiger partial charge is 0.496 e. The minimum atomic E-state index is -1.21. The number of carbonyl (C=O) groups excluding carboxylic acids is 3. The Morgan fingerprint density at radius 3 is 1.92 bits per heavy atom. The second-order valence-electron chi connectivity index (χ2n) is 5.33. The zero-order valence-electron chi connectivity index (χ0n) is 14.7. The molecule has 0 fully saturated rings. The summed E-state index contributed by atoms with van der Waals surface area (Å²) in [7, 11) is 4.23. The van der Waals surface area contributed by atoms with E-state index in [0.29, 0.717) is 5.75 Å². The molecule has 0 bridgehead atoms. The van der Waals surface area contributed by atoms with Gasteiger partial charge in [-0.05, 0) is 5.92 Å². The van der Waals surface area contributed by atoms with Crippen molar-refractivity contribution in [3.05, 3.63) is 17.7 Å². The Morgan fingerprint density at radius 2 is 1.48 bits per heavy atom. The average Bonchev–Trinajstić information content (AvgIpc) is 2.56. The third-order valence-electron chi connectivity index (χ3n) is 3.27. The molecule has 1 rings (SSSR count). The number of ether oxygens (including phenoxy) is 4. The molecule has 3 N–H and O–H groups in total. The second-order valence-corrected chi connectivity index (χ2v) is 5.33. The minimum absolute atomic E-state index is 0.0395. The minimum Gasteiger partial charge on any atom is -0.496 e. The monoisotopic (exact) mass is 354 g/mol. The van der Waals surface area contributed by atoms with E-state index in [4.69, 9.17) is 24.7 Å². The SMILES string of the molecule is COc1cc(OC)c(C(=O)O[C@@H](C(=O)NC(N)=O)C(C)C)cc1OC. The molecule has 0 aromatic heterocycles. The van der Waals surface area contributed by atoms with Gasteiger partial charge in [-0.25, -0.2) is 9.59 Å². The Hall–Kier alpha value is -2.97. The van der Waals surface area contributed by atoms with Crippen LogP contribution in [0.5, 0.6) is 17.2 Å². The highest BCUT2D eigenvalue weighted by atomic mass is 16.6. The van der Waals surface area contributed by atoms with Gasteiger partial charge >= 0.3 is 12.0 Å². The predicted octanol–water partition coefficient (Wildman–Crippen LogP) is 1.09. The van der Waals surface area contributed by atoms with Crippen molar-refractivity contribution >= 4 is 17.9 Å². The molecule has 138 valence electrons. The van der Waals surface area contributed by atoms with Crippen LogP contribution in [0.3, 0.4) is 0 Å². The van der Waals surface area contributed by atoms with Crippen molar-refractivity contribution in [2.45, 2.75) is 20.0 Å². The van der Waals surface area contributed by atoms with Gasteiger partial charge in [-0.2, -0.15) is 0 Å². The van der Waals surface area contributed by atoms with Crippen molar-refractivity contribution in [2.75, 3.05) is 21.3 Å². The van der Waals surface area contributed by atoms with Crippen molar-refractivity contribution < 1.29 is 33.3 Å². The van der Waals surface area contributed by atoms with Gasteiger partial charge in [0.05, 0.1) is 21.3 Å². The van der Waals surface area contributed by atoms with Crippen molar-refractivity contribution in [3.63, 3.8) is 0 Å². The van der Waals surface area contributed by atoms with E-state index in [1.807, 2.05) is 5.32 Å². The maximum Gasteiger partial charge on any atom is 0.342 e. The molecule has 0 aliphatic carbocycles. The first-order valence-electron chi connectivity index (χ1n) is 7.36. The normalized spacial score (nSPS) is 11.4. The molecule has 25 heavy (non-hydrogen) atoms. The van der Waals surface area contributed by atoms with Gasteiger partial charge in [0, 0.05) is 12.1 Å². The van der Waals surface area contributed by atoms with Gasteiger partial charge in [-0.3, -0.25) is 10.1 Å². The molecule has 9 heteroatoms. The highest BCUT2D eigenvalue weighted by molar-refractivity contribution is 5.99. The van der Waals surface area contributed by atoms with Gasteiger partial charge in [0.25, 0.3) is 5.91 Å². The number of methoxy groups -OCH3 is 3. The van der Waals surface area contributed by atoms with Gasteiger partial charge in [-0.15, -0.1) is 0 Å². The van der Waals surface area contributed by atoms with Gasteiger partial charge in [0.1, 0.15) is 11.3 Å². The Bertz CT molecular complexity index is 658. The Balaban J connectivity index is 3.16. The molecule has 9 nitrogen and oxygen atoms in total. The standard InChI is InChI=1S/C16H22N2O7/c1-8(2)13(14(19)18-16(17)21)25-15(20)9-6-11(23-4)12(24-5)7-10(9)22-3/h6-8,13H,1-5H3,(H3,17,18,19,21)/t13-/m1/s1. The Kier molecular flexibility index (Phi) is 7.04. The predicted molar refractivity (Wildman–Crippen MR) is 87.9 cm³/mol. The summed E-state index contributed by atoms with van der Waals surface area (Å²) in [4.78, 5) is 35.3. The van der Waals surface area contributed by atoms with Crippen LogP contribution < -0.4 is 25.3 Å². The third-order valence-corrected chi connectivity index (χ3v) is 3.27. The summed E-state index contributed by atoms with van der Waals surface area (Å²) in [5.74, 6) is -1.19. The number of benzene rings is 1. The van der Waals surface area contributed by atoms with Crippen molar-refractivity contribution in [2.24, 2.45) is 11.7 Å². The molecule has 0 saturated heterocycles. The van der Waals surface area contributed by atoms with Crippen molar-refractivity contribution in [3.8, 4) is 17.2 Å². The number of esters is 1. The number of carbonyl (C=O) groups is 3. The summed E-state index contributed by atoms with van der Waals surface area (Å²) in [5.41, 5.74) is 4.97. The van der Waals surface area contributed by atoms with Gasteiger partial charge < -0.3 is 24.7 Å². The van der Waals surface area contributed by atoms with Crippen molar-refractivity contribution in [1.29, 1.82) is 0 Å². The van der Waals surface area contributed by atoms with Crippen LogP contribution in [0.15, 0.2) is 12.1 Å². The van der Waals surface area contributed by atoms with Gasteiger partial charge in [0.15, 0.2) is 17.6 Å². The number of nitrogens with one attached hydrogen (secondary N) is 1. The number of rotatable bonds is 7. The van der Waals surface area contributed by atoms with Crippen LogP contribution in [0.1, 0.15) is 24.2 Å². The van der Waals surface area contributed by atoms with Crippen LogP contribution in [-0.4, -0.2) is 45.3 Å². The summed E-state index contributed by atoms with van der Waals surface area (Å²) in [6, 6.07) is 1.81. The van der Waals surface area contributed by atoms with Crippen molar-refractivity contribution in [1.82, 2.24) is 5.32 Å². The molecule has 0 radical (unpaired) electrons. The first-order valence-corrected chi connectivity index (χ1v) is 7.36. The molecule has 0 aliphatic heterocycles. The summed E-state index contributed by atoms with van der Waals surface area (Å²) >= 11 is 0. The van der Waals surface area contributed by atoms with Crippen LogP contribution in [0.2, 0.25) is 0 Å². The van der Waals surface area contributed by atoms with Crippen LogP contribution in [-0.2, 0) is 9.53 Å². The number of imide groups is 1. The molecular formula is C16H22N2O7. The van der Waals surface area contributed by atoms with E-state index >= 15 is 0 Å². The number of hydrogen-bond donors (Lipinski definition) is 2. The first-order chi connectivity index (χ1) is 11.7. The van der Waals surface area contributed by atoms with Gasteiger partial charge in [-0.1, -0.05) is 13.8 Å². The highest BCUT2D eigenvalue weighted by Gasteiger charge is 2.29. The lowest BCUT2D eigenvalue weighted by Gasteiger charge is -2.21. The molecule has 0 spiro atoms. The topological polar surface area (TPSA) is 126 Å². The fourth-order valence-corrected chi connectivity index (χ4v) is 2.05. The molecule has 0 aliphatic rings. The number of hydrogen-bond acceptors (Lipinski definition) is 7. The fourth-order valence-electron chi connectivity index (χ4n) is 2.05. The third kappa shape index (κ3) is 5.00. The van der Waals surface area contributed by atoms with Crippen LogP contribution in [0, 0.1) is 5.92 Å². The van der Waals surface area contributed by atoms with E-state index < -0.39 is 29.9 Å². The Morgan fingerprint density at radius 1 is 0.960 bits per heavy atom. The maximum absolute atomic E-state index is 12.5. The maximum atomic E-state index is 12.5. The summed E-state index contributed by atoms with van der Waals surface area (Å²) in [6.45, 7) is 3.31. The first kappa shape index (κ1) is 20.1. The molecule has 1 aromatic carbocycles. The lowest BCUT2D eigenvalue weighted by atomic mass is 10.1. The summed E-state index contributed by atoms with van der Waals surface area (Å²) in [5, 5.41) is 1.90. The Labute approximate surface area is 145 Å². The van der Waals surface area contributed by atoms with E-state index in [0.717, 1.165) is 0 Å². The number of urea groups is 1. The lowest BCUT2D eigenvalue weighted by Crippen LogP contribution is -2.45. The molecule has 0 saturated carbocycles. The number of nitrogens with two attached hydrogens (primary N) is 1. The van der Waals surface area contributed by atoms with E-state index in [9.17, 15) is 14.4 Å². The van der Waals surface area contributed by atoms with Crippen LogP contribution >= 0.6 is 0 Å². The average molecular weight is 354 g/mol. The number of amides is 3. The quantitative estimate of drug-likeness (QED) is 0.702. The zero-order valence-corrected chi connectivity index (χ0v) is 14.7. The molecule has 1 atom stereocenters. The van der Waals surface area contributed by atoms with Crippen LogP contribution in [0.25, 0.3) is 0 Å². The molecule has 0 heterocycles. The molecule has 1 aromatic rings. The second kappa shape index (κ2) is 8.76. The molecule has 0 unspecified atom stereocenters. The van der Waals surface area contributed by atoms with E-state index in [2.05, 4.69) is 0 Å². The lowest BCUT2D eigenvalue weighted by molar-refractivity contribution is -0.130. The highest BCUT2D eigenvalue weighted by Crippen LogP contribution is 2.35. The van der Waals surface area contributed by atoms with E-state index in [1.165, 1.54) is 33.5 Å². The number of primary amides is 1. The molecule has 3 amide bonds. The van der Waals surface area contributed by atoms with Crippen LogP contribution in [0.4, 0.5) is 4.79 Å². The van der Waals surface area contributed by atoms with E-state index in [-0.39, 0.29) is 17.1 Å². The molecular weight excluding hydrogens is 332 g/mol. The smallest absolute Gasteiger partial charge is 0.342 e. The summed E-state index contributed by atoms with van der Waals surface area (Å²) in [6.07, 6.45) is -1.21. The zero-order chi connectivity index (χ0) is 19.1. The van der Waals surface area contributed by atoms with E-state index in [1.54, 1.807) is 13.8 Å². The fraction of sp³-hybridized carbons (Fsp3) is 0.438.